The van der Waals surface area contributed by atoms with E-state index in [0.717, 1.165) is 29.7 Å². The minimum Gasteiger partial charge on any atom is -0.337 e. The highest BCUT2D eigenvalue weighted by molar-refractivity contribution is 6.34. The number of carbonyl (C=O) groups excluding carboxylic acids is 1. The average Bonchev–Trinajstić information content (AvgIpc) is 2.51. The summed E-state index contributed by atoms with van der Waals surface area (Å²) in [6.45, 7) is 1.29. The van der Waals surface area contributed by atoms with E-state index in [1.165, 1.54) is 0 Å². The molecule has 1 N–H and O–H groups in total. The fourth-order valence-electron chi connectivity index (χ4n) is 2.46. The molecule has 0 aromatic heterocycles. The number of likely N-dealkylation sites (N-methyl/N-ethyl adjacent to an activating group) is 1. The van der Waals surface area contributed by atoms with Crippen molar-refractivity contribution in [2.24, 2.45) is 0 Å². The second kappa shape index (κ2) is 8.34. The SMILES string of the molecule is CNCCc1ccccc1C(=O)N(C)Cc1cc(Cl)cc(Cl)c1. The summed E-state index contributed by atoms with van der Waals surface area (Å²) in [4.78, 5) is 14.4. The first-order chi connectivity index (χ1) is 11.0. The number of carbonyl (C=O) groups is 1. The summed E-state index contributed by atoms with van der Waals surface area (Å²) >= 11 is 12.0. The molecule has 2 aromatic carbocycles. The van der Waals surface area contributed by atoms with Crippen LogP contribution in [0.2, 0.25) is 10.0 Å². The monoisotopic (exact) mass is 350 g/mol. The Morgan fingerprint density at radius 2 is 1.78 bits per heavy atom. The van der Waals surface area contributed by atoms with E-state index in [0.29, 0.717) is 16.6 Å². The second-order valence-corrected chi connectivity index (χ2v) is 6.32. The third-order valence-corrected chi connectivity index (χ3v) is 4.02. The van der Waals surface area contributed by atoms with Gasteiger partial charge < -0.3 is 10.2 Å². The van der Waals surface area contributed by atoms with E-state index in [1.807, 2.05) is 43.4 Å². The number of halogens is 2. The molecule has 23 heavy (non-hydrogen) atoms. The highest BCUT2D eigenvalue weighted by Gasteiger charge is 2.15. The first kappa shape index (κ1) is 17.8. The summed E-state index contributed by atoms with van der Waals surface area (Å²) < 4.78 is 0. The first-order valence-corrected chi connectivity index (χ1v) is 8.20. The van der Waals surface area contributed by atoms with E-state index in [9.17, 15) is 4.79 Å². The Labute approximate surface area is 147 Å². The lowest BCUT2D eigenvalue weighted by Crippen LogP contribution is -2.27. The van der Waals surface area contributed by atoms with Crippen LogP contribution in [0.1, 0.15) is 21.5 Å². The number of nitrogens with zero attached hydrogens (tertiary/aromatic N) is 1. The zero-order chi connectivity index (χ0) is 16.8. The summed E-state index contributed by atoms with van der Waals surface area (Å²) in [6.07, 6.45) is 0.815. The lowest BCUT2D eigenvalue weighted by atomic mass is 10.0. The van der Waals surface area contributed by atoms with Crippen LogP contribution in [-0.2, 0) is 13.0 Å². The number of rotatable bonds is 6. The van der Waals surface area contributed by atoms with Crippen LogP contribution in [0.5, 0.6) is 0 Å². The molecule has 0 atom stereocenters. The van der Waals surface area contributed by atoms with Crippen molar-refractivity contribution >= 4 is 29.1 Å². The minimum atomic E-state index is -0.00667. The largest absolute Gasteiger partial charge is 0.337 e. The van der Waals surface area contributed by atoms with Crippen molar-refractivity contribution in [3.8, 4) is 0 Å². The van der Waals surface area contributed by atoms with Gasteiger partial charge in [0.05, 0.1) is 0 Å². The molecule has 2 aromatic rings. The van der Waals surface area contributed by atoms with Gasteiger partial charge in [-0.1, -0.05) is 41.4 Å². The summed E-state index contributed by atoms with van der Waals surface area (Å²) in [6, 6.07) is 13.0. The molecule has 1 amide bonds. The van der Waals surface area contributed by atoms with Crippen molar-refractivity contribution in [2.75, 3.05) is 20.6 Å². The molecule has 0 aliphatic rings. The number of benzene rings is 2. The molecule has 0 saturated heterocycles. The van der Waals surface area contributed by atoms with Crippen molar-refractivity contribution in [3.05, 3.63) is 69.2 Å². The fourth-order valence-corrected chi connectivity index (χ4v) is 3.03. The second-order valence-electron chi connectivity index (χ2n) is 5.45. The molecule has 0 heterocycles. The van der Waals surface area contributed by atoms with Gasteiger partial charge in [-0.2, -0.15) is 0 Å². The van der Waals surface area contributed by atoms with E-state index in [1.54, 1.807) is 18.0 Å². The van der Waals surface area contributed by atoms with Gasteiger partial charge in [-0.25, -0.2) is 0 Å². The van der Waals surface area contributed by atoms with Crippen LogP contribution in [0.25, 0.3) is 0 Å². The van der Waals surface area contributed by atoms with E-state index in [4.69, 9.17) is 23.2 Å². The highest BCUT2D eigenvalue weighted by atomic mass is 35.5. The highest BCUT2D eigenvalue weighted by Crippen LogP contribution is 2.21. The Kier molecular flexibility index (Phi) is 6.46. The zero-order valence-corrected chi connectivity index (χ0v) is 14.8. The Morgan fingerprint density at radius 1 is 1.13 bits per heavy atom. The summed E-state index contributed by atoms with van der Waals surface area (Å²) in [7, 11) is 3.69. The molecule has 0 radical (unpaired) electrons. The van der Waals surface area contributed by atoms with Crippen molar-refractivity contribution < 1.29 is 4.79 Å². The zero-order valence-electron chi connectivity index (χ0n) is 13.3. The van der Waals surface area contributed by atoms with Crippen molar-refractivity contribution in [1.29, 1.82) is 0 Å². The van der Waals surface area contributed by atoms with Gasteiger partial charge in [0.1, 0.15) is 0 Å². The van der Waals surface area contributed by atoms with Crippen LogP contribution in [0.3, 0.4) is 0 Å². The molecule has 3 nitrogen and oxygen atoms in total. The molecule has 0 aliphatic carbocycles. The average molecular weight is 351 g/mol. The van der Waals surface area contributed by atoms with Crippen molar-refractivity contribution in [2.45, 2.75) is 13.0 Å². The molecule has 0 spiro atoms. The number of amides is 1. The van der Waals surface area contributed by atoms with E-state index in [-0.39, 0.29) is 5.91 Å². The van der Waals surface area contributed by atoms with Gasteiger partial charge in [-0.15, -0.1) is 0 Å². The summed E-state index contributed by atoms with van der Waals surface area (Å²) in [5.74, 6) is -0.00667. The van der Waals surface area contributed by atoms with Gasteiger partial charge in [0.25, 0.3) is 5.91 Å². The quantitative estimate of drug-likeness (QED) is 0.852. The van der Waals surface area contributed by atoms with E-state index in [2.05, 4.69) is 5.32 Å². The Balaban J connectivity index is 2.16. The number of hydrogen-bond donors (Lipinski definition) is 1. The topological polar surface area (TPSA) is 32.3 Å². The molecule has 5 heteroatoms. The Morgan fingerprint density at radius 3 is 2.43 bits per heavy atom. The smallest absolute Gasteiger partial charge is 0.254 e. The van der Waals surface area contributed by atoms with Gasteiger partial charge in [0.15, 0.2) is 0 Å². The van der Waals surface area contributed by atoms with Gasteiger partial charge in [0.2, 0.25) is 0 Å². The molecule has 0 saturated carbocycles. The van der Waals surface area contributed by atoms with Crippen LogP contribution in [0.15, 0.2) is 42.5 Å². The fraction of sp³-hybridized carbons (Fsp3) is 0.278. The first-order valence-electron chi connectivity index (χ1n) is 7.44. The number of hydrogen-bond acceptors (Lipinski definition) is 2. The third kappa shape index (κ3) is 4.96. The molecule has 2 rings (SSSR count). The maximum Gasteiger partial charge on any atom is 0.254 e. The van der Waals surface area contributed by atoms with Crippen LogP contribution in [0.4, 0.5) is 0 Å². The van der Waals surface area contributed by atoms with Gasteiger partial charge in [-0.05, 0) is 55.4 Å². The molecular formula is C18H20Cl2N2O. The summed E-state index contributed by atoms with van der Waals surface area (Å²) in [5.41, 5.74) is 2.69. The van der Waals surface area contributed by atoms with E-state index < -0.39 is 0 Å². The molecule has 0 unspecified atom stereocenters. The maximum atomic E-state index is 12.7. The normalized spacial score (nSPS) is 10.6. The number of nitrogens with one attached hydrogen (secondary N) is 1. The Hall–Kier alpha value is -1.55. The molecule has 0 aliphatic heterocycles. The standard InChI is InChI=1S/C18H20Cl2N2O/c1-21-8-7-14-5-3-4-6-17(14)18(23)22(2)12-13-9-15(19)11-16(20)10-13/h3-6,9-11,21H,7-8,12H2,1-2H3. The molecule has 0 fully saturated rings. The van der Waals surface area contributed by atoms with Crippen LogP contribution < -0.4 is 5.32 Å². The van der Waals surface area contributed by atoms with Crippen LogP contribution >= 0.6 is 23.2 Å². The maximum absolute atomic E-state index is 12.7. The summed E-state index contributed by atoms with van der Waals surface area (Å²) in [5, 5.41) is 4.25. The van der Waals surface area contributed by atoms with Gasteiger partial charge in [0, 0.05) is 29.2 Å². The predicted molar refractivity (Wildman–Crippen MR) is 96.3 cm³/mol. The van der Waals surface area contributed by atoms with Crippen LogP contribution in [0, 0.1) is 0 Å². The van der Waals surface area contributed by atoms with Crippen molar-refractivity contribution in [1.82, 2.24) is 10.2 Å². The van der Waals surface area contributed by atoms with Crippen molar-refractivity contribution in [3.63, 3.8) is 0 Å². The molecule has 122 valence electrons. The van der Waals surface area contributed by atoms with E-state index >= 15 is 0 Å². The predicted octanol–water partition coefficient (Wildman–Crippen LogP) is 4.03. The molecule has 0 bridgehead atoms. The van der Waals surface area contributed by atoms with Crippen LogP contribution in [-0.4, -0.2) is 31.4 Å². The lowest BCUT2D eigenvalue weighted by molar-refractivity contribution is 0.0784. The van der Waals surface area contributed by atoms with Gasteiger partial charge >= 0.3 is 0 Å². The molecular weight excluding hydrogens is 331 g/mol. The Bertz CT molecular complexity index is 668. The lowest BCUT2D eigenvalue weighted by Gasteiger charge is -2.19. The van der Waals surface area contributed by atoms with Gasteiger partial charge in [-0.3, -0.25) is 4.79 Å². The third-order valence-electron chi connectivity index (χ3n) is 3.58. The minimum absolute atomic E-state index is 0.00667.